The van der Waals surface area contributed by atoms with Crippen molar-refractivity contribution in [2.24, 2.45) is 11.5 Å². The van der Waals surface area contributed by atoms with Gasteiger partial charge >= 0.3 is 0 Å². The minimum absolute atomic E-state index is 0. The number of carbonyl (C=O) groups is 2. The molecule has 0 spiro atoms. The highest BCUT2D eigenvalue weighted by atomic mass is 16.1. The summed E-state index contributed by atoms with van der Waals surface area (Å²) < 4.78 is 10.0. The Bertz CT molecular complexity index is 529. The minimum Gasteiger partial charge on any atom is -0.348 e. The third-order valence-corrected chi connectivity index (χ3v) is 2.67. The number of nitrogens with two attached hydrogens (primary N) is 2. The number of aromatic amines is 1. The molecule has 0 fully saturated rings. The molecular weight excluding hydrogens is 304 g/mol. The van der Waals surface area contributed by atoms with Gasteiger partial charge in [-0.3, -0.25) is 0 Å². The molecular formula is C18H36N4O2. The summed E-state index contributed by atoms with van der Waals surface area (Å²) in [6.07, 6.45) is 5.87. The van der Waals surface area contributed by atoms with E-state index in [1.165, 1.54) is 0 Å². The zero-order chi connectivity index (χ0) is 17.5. The quantitative estimate of drug-likeness (QED) is 0.695. The van der Waals surface area contributed by atoms with Crippen LogP contribution >= 0.6 is 0 Å². The molecule has 1 heterocycles. The Morgan fingerprint density at radius 1 is 1.04 bits per heavy atom. The topological polar surface area (TPSA) is 115 Å². The Morgan fingerprint density at radius 3 is 2.04 bits per heavy atom. The average molecular weight is 347 g/mol. The fourth-order valence-electron chi connectivity index (χ4n) is 1.63. The first-order valence-electron chi connectivity index (χ1n) is 7.58. The Balaban J connectivity index is -0.0000000965. The van der Waals surface area contributed by atoms with E-state index in [2.05, 4.69) is 9.97 Å². The van der Waals surface area contributed by atoms with Gasteiger partial charge in [0, 0.05) is 22.7 Å². The molecule has 0 aliphatic carbocycles. The predicted molar refractivity (Wildman–Crippen MR) is 105 cm³/mol. The molecule has 0 radical (unpaired) electrons. The van der Waals surface area contributed by atoms with Gasteiger partial charge < -0.3 is 26.0 Å². The van der Waals surface area contributed by atoms with Crippen LogP contribution in [0.25, 0.3) is 0 Å². The molecule has 24 heavy (non-hydrogen) atoms. The second kappa shape index (κ2) is 15.6. The van der Waals surface area contributed by atoms with Gasteiger partial charge in [-0.2, -0.15) is 0 Å². The van der Waals surface area contributed by atoms with Crippen LogP contribution in [0.1, 0.15) is 37.9 Å². The van der Waals surface area contributed by atoms with E-state index in [1.807, 2.05) is 30.3 Å². The van der Waals surface area contributed by atoms with Crippen LogP contribution in [0.3, 0.4) is 0 Å². The van der Waals surface area contributed by atoms with Crippen molar-refractivity contribution in [3.05, 3.63) is 54.1 Å². The highest BCUT2D eigenvalue weighted by Gasteiger charge is 2.01. The molecule has 140 valence electrons. The maximum atomic E-state index is 10.2. The summed E-state index contributed by atoms with van der Waals surface area (Å²) >= 11 is 0. The van der Waals surface area contributed by atoms with Gasteiger partial charge in [0.25, 0.3) is 0 Å². The van der Waals surface area contributed by atoms with Gasteiger partial charge in [0.1, 0.15) is 12.6 Å². The van der Waals surface area contributed by atoms with E-state index >= 15 is 0 Å². The third kappa shape index (κ3) is 11.3. The smallest absolute Gasteiger partial charge is 0.137 e. The molecule has 0 amide bonds. The highest BCUT2D eigenvalue weighted by molar-refractivity contribution is 5.58. The molecule has 1 aromatic heterocycles. The first kappa shape index (κ1) is 23.9. The first-order chi connectivity index (χ1) is 11.2. The number of benzene rings is 1. The van der Waals surface area contributed by atoms with E-state index < -0.39 is 6.04 Å². The normalized spacial score (nSPS) is 11.4. The number of nitrogens with one attached hydrogen (secondary N) is 1. The second-order valence-electron chi connectivity index (χ2n) is 4.57. The van der Waals surface area contributed by atoms with Gasteiger partial charge in [0.05, 0.1) is 18.4 Å². The molecule has 6 heteroatoms. The van der Waals surface area contributed by atoms with Gasteiger partial charge in [-0.1, -0.05) is 52.6 Å². The van der Waals surface area contributed by atoms with Crippen LogP contribution in [0, 0.1) is 0 Å². The van der Waals surface area contributed by atoms with E-state index in [0.29, 0.717) is 12.8 Å². The van der Waals surface area contributed by atoms with Gasteiger partial charge in [-0.15, -0.1) is 0 Å². The Hall–Kier alpha value is -2.31. The van der Waals surface area contributed by atoms with Crippen molar-refractivity contribution in [1.82, 2.24) is 9.97 Å². The minimum atomic E-state index is -0.416. The van der Waals surface area contributed by atoms with Gasteiger partial charge in [0.2, 0.25) is 0 Å². The fourth-order valence-corrected chi connectivity index (χ4v) is 1.63. The molecule has 5 N–H and O–H groups in total. The zero-order valence-corrected chi connectivity index (χ0v) is 11.7. The number of hydrogen-bond donors (Lipinski definition) is 3. The molecule has 0 saturated carbocycles. The van der Waals surface area contributed by atoms with Crippen LogP contribution in [0.5, 0.6) is 0 Å². The monoisotopic (exact) mass is 346 g/mol. The van der Waals surface area contributed by atoms with Gasteiger partial charge in [0.15, 0.2) is 0 Å². The lowest BCUT2D eigenvalue weighted by atomic mass is 10.1. The van der Waals surface area contributed by atoms with Crippen LogP contribution in [-0.2, 0) is 22.4 Å². The van der Waals surface area contributed by atoms with Gasteiger partial charge in [-0.05, 0) is 12.0 Å². The summed E-state index contributed by atoms with van der Waals surface area (Å²) in [5.74, 6) is 0. The number of imidazole rings is 1. The number of nitrogens with zero attached hydrogens (tertiary/aromatic N) is 1. The van der Waals surface area contributed by atoms with Gasteiger partial charge in [-0.25, -0.2) is 4.98 Å². The largest absolute Gasteiger partial charge is 0.348 e. The lowest BCUT2D eigenvalue weighted by Gasteiger charge is -2.02. The maximum absolute atomic E-state index is 10.2. The molecule has 0 saturated heterocycles. The molecule has 2 aromatic rings. The summed E-state index contributed by atoms with van der Waals surface area (Å²) in [7, 11) is 0. The van der Waals surface area contributed by atoms with E-state index in [1.54, 1.807) is 12.5 Å². The highest BCUT2D eigenvalue weighted by Crippen LogP contribution is 1.99. The summed E-state index contributed by atoms with van der Waals surface area (Å²) in [5.41, 5.74) is 12.8. The van der Waals surface area contributed by atoms with Crippen molar-refractivity contribution in [1.29, 1.82) is 0 Å². The number of H-pyrrole nitrogens is 1. The van der Waals surface area contributed by atoms with E-state index in [-0.39, 0.29) is 29.7 Å². The number of aromatic nitrogens is 2. The molecule has 1 aromatic carbocycles. The summed E-state index contributed by atoms with van der Waals surface area (Å²) in [6.45, 7) is 0. The molecule has 6 nitrogen and oxygen atoms in total. The summed E-state index contributed by atoms with van der Waals surface area (Å²) in [5, 5.41) is 0. The van der Waals surface area contributed by atoms with Crippen molar-refractivity contribution >= 4 is 12.6 Å². The number of aldehydes is 2. The Labute approximate surface area is 150 Å². The van der Waals surface area contributed by atoms with Crippen LogP contribution in [0.2, 0.25) is 0 Å². The van der Waals surface area contributed by atoms with E-state index in [4.69, 9.17) is 14.4 Å². The molecule has 0 bridgehead atoms. The lowest BCUT2D eigenvalue weighted by molar-refractivity contribution is -0.109. The van der Waals surface area contributed by atoms with Crippen LogP contribution in [0.15, 0.2) is 42.9 Å². The SMILES string of the molecule is C.C.C.N[C@@H](C=O)Cc1ccccc1.N[C@@H](C=O)Cc1cnc[nH]1.[3HH].[3H][3H]. The number of hydrogen-bond acceptors (Lipinski definition) is 5. The third-order valence-electron chi connectivity index (χ3n) is 2.67. The van der Waals surface area contributed by atoms with Crippen LogP contribution < -0.4 is 11.5 Å². The molecule has 2 atom stereocenters. The summed E-state index contributed by atoms with van der Waals surface area (Å²) in [6, 6.07) is 8.96. The second-order valence-corrected chi connectivity index (χ2v) is 4.57. The zero-order valence-electron chi connectivity index (χ0n) is 13.7. The Morgan fingerprint density at radius 2 is 1.58 bits per heavy atom. The molecule has 0 aliphatic heterocycles. The average Bonchev–Trinajstić information content (AvgIpc) is 3.11. The first-order valence-corrected chi connectivity index (χ1v) is 6.58. The molecule has 0 aliphatic rings. The Kier molecular flexibility index (Phi) is 15.5. The maximum Gasteiger partial charge on any atom is 0.137 e. The van der Waals surface area contributed by atoms with Crippen LogP contribution in [-0.4, -0.2) is 34.6 Å². The summed E-state index contributed by atoms with van der Waals surface area (Å²) in [4.78, 5) is 26.9. The van der Waals surface area contributed by atoms with Crippen molar-refractivity contribution < 1.29 is 14.0 Å². The van der Waals surface area contributed by atoms with E-state index in [0.717, 1.165) is 23.8 Å². The van der Waals surface area contributed by atoms with E-state index in [9.17, 15) is 9.59 Å². The van der Waals surface area contributed by atoms with Crippen molar-refractivity contribution in [3.8, 4) is 0 Å². The lowest BCUT2D eigenvalue weighted by Crippen LogP contribution is -2.24. The fraction of sp³-hybridized carbons (Fsp3) is 0.389. The van der Waals surface area contributed by atoms with Crippen molar-refractivity contribution in [3.63, 3.8) is 0 Å². The van der Waals surface area contributed by atoms with Crippen molar-refractivity contribution in [2.75, 3.05) is 0 Å². The molecule has 0 unspecified atom stereocenters. The van der Waals surface area contributed by atoms with Crippen LogP contribution in [0.4, 0.5) is 0 Å². The van der Waals surface area contributed by atoms with Crippen molar-refractivity contribution in [2.45, 2.75) is 47.2 Å². The number of rotatable bonds is 6. The predicted octanol–water partition coefficient (Wildman–Crippen LogP) is 2.63. The molecule has 2 rings (SSSR count). The standard InChI is InChI=1S/C9H11NO.C6H9N3O.3CH4.2H2/c10-9(7-11)6-8-4-2-1-3-5-8;7-5(3-10)1-6-2-8-4-9-6;;;;;/h1-5,7,9H,6,10H2;2-5H,1,7H2,(H,8,9);3*1H4;2*1H/t9-;5-;;;;;/m11...../s1/i;;;;;1+2T;1+2. The number of carbonyl (C=O) groups excluding carboxylic acids is 2.